The van der Waals surface area contributed by atoms with Crippen molar-refractivity contribution in [3.05, 3.63) is 0 Å². The number of carbonyl (C=O) groups excluding carboxylic acids is 1. The molecule has 6 aliphatic rings. The average Bonchev–Trinajstić information content (AvgIpc) is 3.58. The normalized spacial score (nSPS) is 60.9. The predicted octanol–water partition coefficient (Wildman–Crippen LogP) is 6.78. The fourth-order valence-corrected chi connectivity index (χ4v) is 12.5. The summed E-state index contributed by atoms with van der Waals surface area (Å²) < 4.78 is 12.2. The summed E-state index contributed by atoms with van der Waals surface area (Å²) in [6.07, 6.45) is 10.1. The number of epoxide rings is 1. The number of ether oxygens (including phenoxy) is 2. The van der Waals surface area contributed by atoms with Gasteiger partial charge in [-0.05, 0) is 110 Å². The molecule has 5 saturated carbocycles. The first-order chi connectivity index (χ1) is 16.5. The van der Waals surface area contributed by atoms with Crippen LogP contribution in [0.4, 0.5) is 0 Å². The molecule has 4 nitrogen and oxygen atoms in total. The molecule has 1 aliphatic heterocycles. The topological polar surface area (TPSA) is 59.1 Å². The van der Waals surface area contributed by atoms with Gasteiger partial charge in [-0.3, -0.25) is 4.79 Å². The molecule has 0 aromatic heterocycles. The Bertz CT molecular complexity index is 956. The van der Waals surface area contributed by atoms with Crippen molar-refractivity contribution in [1.82, 2.24) is 0 Å². The minimum absolute atomic E-state index is 0.0117. The number of carbonyl (C=O) groups is 1. The van der Waals surface area contributed by atoms with Crippen molar-refractivity contribution in [1.29, 1.82) is 0 Å². The molecule has 6 fully saturated rings. The van der Waals surface area contributed by atoms with Gasteiger partial charge in [-0.15, -0.1) is 0 Å². The van der Waals surface area contributed by atoms with Gasteiger partial charge in [0.25, 0.3) is 0 Å². The molecule has 0 aromatic rings. The first kappa shape index (κ1) is 25.7. The third-order valence-electron chi connectivity index (χ3n) is 14.7. The van der Waals surface area contributed by atoms with E-state index in [1.807, 2.05) is 0 Å². The number of esters is 1. The third-order valence-corrected chi connectivity index (χ3v) is 14.7. The molecule has 1 N–H and O–H groups in total. The first-order valence-corrected chi connectivity index (χ1v) is 15.1. The van der Waals surface area contributed by atoms with Crippen LogP contribution in [-0.2, 0) is 14.3 Å². The van der Waals surface area contributed by atoms with E-state index in [-0.39, 0.29) is 51.9 Å². The highest BCUT2D eigenvalue weighted by molar-refractivity contribution is 5.66. The van der Waals surface area contributed by atoms with Crippen LogP contribution in [0.5, 0.6) is 0 Å². The van der Waals surface area contributed by atoms with Crippen molar-refractivity contribution in [2.75, 3.05) is 0 Å². The molecular weight excluding hydrogens is 448 g/mol. The van der Waals surface area contributed by atoms with Gasteiger partial charge in [-0.1, -0.05) is 48.5 Å². The molecule has 1 heterocycles. The van der Waals surface area contributed by atoms with Gasteiger partial charge in [0, 0.05) is 12.3 Å². The summed E-state index contributed by atoms with van der Waals surface area (Å²) in [6, 6.07) is 0. The quantitative estimate of drug-likeness (QED) is 0.318. The molecular formula is C32H52O4. The highest BCUT2D eigenvalue weighted by Gasteiger charge is 2.76. The zero-order chi connectivity index (χ0) is 26.3. The van der Waals surface area contributed by atoms with Gasteiger partial charge in [0.1, 0.15) is 12.2 Å². The zero-order valence-electron chi connectivity index (χ0n) is 24.4. The van der Waals surface area contributed by atoms with E-state index in [1.165, 1.54) is 44.9 Å². The largest absolute Gasteiger partial charge is 0.462 e. The van der Waals surface area contributed by atoms with Crippen molar-refractivity contribution in [2.45, 2.75) is 138 Å². The van der Waals surface area contributed by atoms with Gasteiger partial charge in [-0.2, -0.15) is 0 Å². The molecule has 13 atom stereocenters. The van der Waals surface area contributed by atoms with E-state index in [2.05, 4.69) is 55.4 Å². The monoisotopic (exact) mass is 500 g/mol. The lowest BCUT2D eigenvalue weighted by Gasteiger charge is -2.73. The van der Waals surface area contributed by atoms with Crippen molar-refractivity contribution in [3.63, 3.8) is 0 Å². The van der Waals surface area contributed by atoms with Crippen LogP contribution in [0.1, 0.15) is 114 Å². The van der Waals surface area contributed by atoms with Crippen LogP contribution in [0.3, 0.4) is 0 Å². The third kappa shape index (κ3) is 2.87. The molecule has 6 rings (SSSR count). The molecule has 0 amide bonds. The van der Waals surface area contributed by atoms with Crippen LogP contribution in [0.15, 0.2) is 0 Å². The van der Waals surface area contributed by atoms with Crippen LogP contribution in [0.25, 0.3) is 0 Å². The summed E-state index contributed by atoms with van der Waals surface area (Å²) in [6.45, 7) is 21.1. The Hall–Kier alpha value is -0.610. The SMILES string of the molecule is CC(=O)OC1CCC2(C)C(CCC3(C)C2CCC2C4C(C)C(C)(O)C5OC5C4(C)CCC23C)C1(C)C. The standard InChI is InChI=1S/C32H52O4/c1-18-24-20-10-11-22-28(5)14-13-23(35-19(2)33)27(3,4)21(28)12-15-31(22,8)30(20,7)17-16-29(24,6)25-26(36-25)32(18,9)34/h18,20-26,34H,10-17H2,1-9H3. The Labute approximate surface area is 219 Å². The van der Waals surface area contributed by atoms with Crippen LogP contribution < -0.4 is 0 Å². The first-order valence-electron chi connectivity index (χ1n) is 15.1. The Balaban J connectivity index is 1.36. The lowest BCUT2D eigenvalue weighted by Crippen LogP contribution is -2.69. The highest BCUT2D eigenvalue weighted by Crippen LogP contribution is 2.78. The van der Waals surface area contributed by atoms with Gasteiger partial charge in [-0.25, -0.2) is 0 Å². The summed E-state index contributed by atoms with van der Waals surface area (Å²) in [5, 5.41) is 11.6. The molecule has 0 bridgehead atoms. The summed E-state index contributed by atoms with van der Waals surface area (Å²) in [7, 11) is 0. The summed E-state index contributed by atoms with van der Waals surface area (Å²) in [5.41, 5.74) is 0.378. The molecule has 36 heavy (non-hydrogen) atoms. The maximum absolute atomic E-state index is 11.9. The Kier molecular flexibility index (Phi) is 5.21. The lowest BCUT2D eigenvalue weighted by atomic mass is 9.31. The fourth-order valence-electron chi connectivity index (χ4n) is 12.5. The van der Waals surface area contributed by atoms with E-state index < -0.39 is 5.60 Å². The molecule has 0 aromatic carbocycles. The smallest absolute Gasteiger partial charge is 0.302 e. The average molecular weight is 501 g/mol. The van der Waals surface area contributed by atoms with Crippen molar-refractivity contribution in [3.8, 4) is 0 Å². The van der Waals surface area contributed by atoms with Gasteiger partial charge >= 0.3 is 5.97 Å². The number of hydrogen-bond acceptors (Lipinski definition) is 4. The molecule has 204 valence electrons. The second-order valence-corrected chi connectivity index (χ2v) is 16.1. The van der Waals surface area contributed by atoms with Gasteiger partial charge in [0.2, 0.25) is 0 Å². The van der Waals surface area contributed by atoms with E-state index in [0.29, 0.717) is 29.1 Å². The maximum Gasteiger partial charge on any atom is 0.302 e. The van der Waals surface area contributed by atoms with E-state index in [0.717, 1.165) is 6.42 Å². The Morgan fingerprint density at radius 2 is 1.50 bits per heavy atom. The van der Waals surface area contributed by atoms with Crippen LogP contribution in [0, 0.1) is 56.7 Å². The second-order valence-electron chi connectivity index (χ2n) is 16.1. The van der Waals surface area contributed by atoms with Crippen LogP contribution in [-0.4, -0.2) is 35.0 Å². The van der Waals surface area contributed by atoms with E-state index in [4.69, 9.17) is 9.47 Å². The van der Waals surface area contributed by atoms with E-state index >= 15 is 0 Å². The lowest BCUT2D eigenvalue weighted by molar-refractivity contribution is -0.261. The highest BCUT2D eigenvalue weighted by atomic mass is 16.6. The molecule has 0 spiro atoms. The van der Waals surface area contributed by atoms with Crippen LogP contribution in [0.2, 0.25) is 0 Å². The van der Waals surface area contributed by atoms with Crippen LogP contribution >= 0.6 is 0 Å². The van der Waals surface area contributed by atoms with Gasteiger partial charge < -0.3 is 14.6 Å². The second kappa shape index (κ2) is 7.32. The van der Waals surface area contributed by atoms with Crippen molar-refractivity contribution in [2.24, 2.45) is 56.7 Å². The van der Waals surface area contributed by atoms with Gasteiger partial charge in [0.05, 0.1) is 11.7 Å². The maximum atomic E-state index is 11.9. The minimum Gasteiger partial charge on any atom is -0.462 e. The van der Waals surface area contributed by atoms with E-state index in [1.54, 1.807) is 6.92 Å². The number of hydrogen-bond donors (Lipinski definition) is 1. The fraction of sp³-hybridized carbons (Fsp3) is 0.969. The van der Waals surface area contributed by atoms with Crippen molar-refractivity contribution < 1.29 is 19.4 Å². The molecule has 1 saturated heterocycles. The number of aliphatic hydroxyl groups is 1. The summed E-state index contributed by atoms with van der Waals surface area (Å²) >= 11 is 0. The predicted molar refractivity (Wildman–Crippen MR) is 141 cm³/mol. The zero-order valence-corrected chi connectivity index (χ0v) is 24.4. The molecule has 4 heteroatoms. The molecule has 5 aliphatic carbocycles. The summed E-state index contributed by atoms with van der Waals surface area (Å²) in [4.78, 5) is 11.9. The van der Waals surface area contributed by atoms with E-state index in [9.17, 15) is 9.90 Å². The molecule has 0 radical (unpaired) electrons. The van der Waals surface area contributed by atoms with Gasteiger partial charge in [0.15, 0.2) is 0 Å². The minimum atomic E-state index is -0.715. The number of rotatable bonds is 1. The Morgan fingerprint density at radius 3 is 2.17 bits per heavy atom. The Morgan fingerprint density at radius 1 is 0.806 bits per heavy atom. The van der Waals surface area contributed by atoms with Crippen molar-refractivity contribution >= 4 is 5.97 Å². The summed E-state index contributed by atoms with van der Waals surface area (Å²) in [5.74, 6) is 2.60. The number of fused-ring (bicyclic) bond motifs is 9. The molecule has 13 unspecified atom stereocenters.